The Hall–Kier alpha value is -1.35. The summed E-state index contributed by atoms with van der Waals surface area (Å²) in [6.45, 7) is 7.84. The van der Waals surface area contributed by atoms with Gasteiger partial charge in [-0.25, -0.2) is 4.79 Å². The molecule has 0 N–H and O–H groups in total. The Morgan fingerprint density at radius 2 is 1.87 bits per heavy atom. The van der Waals surface area contributed by atoms with Gasteiger partial charge in [0, 0.05) is 6.08 Å². The molecular weight excluding hydrogens is 204 g/mol. The van der Waals surface area contributed by atoms with Gasteiger partial charge < -0.3 is 4.74 Å². The van der Waals surface area contributed by atoms with Gasteiger partial charge in [0.1, 0.15) is 0 Å². The van der Waals surface area contributed by atoms with Gasteiger partial charge in [0.15, 0.2) is 0 Å². The molecule has 0 aliphatic heterocycles. The zero-order valence-corrected chi connectivity index (χ0v) is 10.7. The van der Waals surface area contributed by atoms with Crippen LogP contribution in [0.2, 0.25) is 13.1 Å². The largest absolute Gasteiger partial charge is 0.466 e. The van der Waals surface area contributed by atoms with Crippen LogP contribution in [0.4, 0.5) is 0 Å². The lowest BCUT2D eigenvalue weighted by molar-refractivity contribution is -0.134. The van der Waals surface area contributed by atoms with Crippen molar-refractivity contribution in [3.8, 4) is 0 Å². The van der Waals surface area contributed by atoms with Crippen molar-refractivity contribution < 1.29 is 9.53 Å². The van der Waals surface area contributed by atoms with E-state index in [1.165, 1.54) is 7.11 Å². The van der Waals surface area contributed by atoms with Crippen LogP contribution in [0.5, 0.6) is 0 Å². The monoisotopic (exact) mass is 222 g/mol. The molecule has 0 amide bonds. The van der Waals surface area contributed by atoms with Crippen molar-refractivity contribution in [3.05, 3.63) is 43.0 Å². The minimum absolute atomic E-state index is 0.394. The minimum atomic E-state index is -0.529. The van der Waals surface area contributed by atoms with Gasteiger partial charge in [0.25, 0.3) is 0 Å². The van der Waals surface area contributed by atoms with Gasteiger partial charge in [-0.05, 0) is 0 Å². The summed E-state index contributed by atoms with van der Waals surface area (Å²) >= 11 is 0. The maximum absolute atomic E-state index is 9.84. The summed E-state index contributed by atoms with van der Waals surface area (Å²) in [5.74, 6) is -0.394. The molecule has 3 heteroatoms. The smallest absolute Gasteiger partial charge is 0.329 e. The maximum atomic E-state index is 9.84. The van der Waals surface area contributed by atoms with Crippen molar-refractivity contribution in [2.75, 3.05) is 7.11 Å². The van der Waals surface area contributed by atoms with Gasteiger partial charge in [-0.15, -0.1) is 0 Å². The normalized spacial score (nSPS) is 8.80. The number of carbonyl (C=O) groups excluding carboxylic acids is 1. The van der Waals surface area contributed by atoms with Crippen LogP contribution in [0.1, 0.15) is 0 Å². The van der Waals surface area contributed by atoms with Crippen molar-refractivity contribution in [1.29, 1.82) is 0 Å². The van der Waals surface area contributed by atoms with E-state index in [0.717, 1.165) is 6.08 Å². The van der Waals surface area contributed by atoms with Crippen LogP contribution in [0.3, 0.4) is 0 Å². The Kier molecular flexibility index (Phi) is 7.28. The molecule has 2 nitrogen and oxygen atoms in total. The molecule has 0 unspecified atom stereocenters. The molecule has 0 heterocycles. The van der Waals surface area contributed by atoms with E-state index in [1.807, 2.05) is 0 Å². The van der Waals surface area contributed by atoms with Crippen molar-refractivity contribution in [2.24, 2.45) is 0 Å². The summed E-state index contributed by atoms with van der Waals surface area (Å²) in [4.78, 5) is 9.84. The summed E-state index contributed by atoms with van der Waals surface area (Å²) in [6.07, 6.45) is 1.11. The van der Waals surface area contributed by atoms with Crippen LogP contribution in [0, 0.1) is 0 Å². The first-order chi connectivity index (χ1) is 7.11. The molecule has 0 bridgehead atoms. The number of hydrogen-bond donors (Lipinski definition) is 0. The molecule has 82 valence electrons. The Morgan fingerprint density at radius 3 is 2.07 bits per heavy atom. The lowest BCUT2D eigenvalue weighted by Gasteiger charge is -1.99. The zero-order chi connectivity index (χ0) is 11.7. The average molecular weight is 222 g/mol. The molecule has 0 saturated heterocycles. The number of methoxy groups -OCH3 is 1. The van der Waals surface area contributed by atoms with E-state index in [4.69, 9.17) is 0 Å². The van der Waals surface area contributed by atoms with E-state index in [1.54, 1.807) is 5.19 Å². The number of hydrogen-bond acceptors (Lipinski definition) is 2. The van der Waals surface area contributed by atoms with E-state index >= 15 is 0 Å². The molecule has 0 atom stereocenters. The van der Waals surface area contributed by atoms with E-state index in [2.05, 4.69) is 54.7 Å². The van der Waals surface area contributed by atoms with Crippen molar-refractivity contribution in [3.63, 3.8) is 0 Å². The van der Waals surface area contributed by atoms with E-state index in [9.17, 15) is 4.79 Å². The van der Waals surface area contributed by atoms with Crippen LogP contribution in [0.15, 0.2) is 43.0 Å². The lowest BCUT2D eigenvalue weighted by Crippen LogP contribution is -2.21. The first-order valence-electron chi connectivity index (χ1n) is 4.87. The summed E-state index contributed by atoms with van der Waals surface area (Å²) in [6, 6.07) is 10.7. The minimum Gasteiger partial charge on any atom is -0.466 e. The molecule has 15 heavy (non-hydrogen) atoms. The zero-order valence-electron chi connectivity index (χ0n) is 9.57. The topological polar surface area (TPSA) is 26.3 Å². The van der Waals surface area contributed by atoms with Crippen LogP contribution in [-0.2, 0) is 9.53 Å². The van der Waals surface area contributed by atoms with Gasteiger partial charge in [0.2, 0.25) is 0 Å². The molecule has 0 aliphatic rings. The van der Waals surface area contributed by atoms with Gasteiger partial charge >= 0.3 is 5.97 Å². The first-order valence-corrected chi connectivity index (χ1v) is 7.75. The number of benzene rings is 1. The summed E-state index contributed by atoms with van der Waals surface area (Å²) in [5, 5.41) is 1.55. The van der Waals surface area contributed by atoms with Gasteiger partial charge in [-0.3, -0.25) is 0 Å². The van der Waals surface area contributed by atoms with Gasteiger partial charge in [0.05, 0.1) is 15.9 Å². The molecular formula is C12H18O2Si. The lowest BCUT2D eigenvalue weighted by atomic mass is 10.4. The third-order valence-corrected chi connectivity index (χ3v) is 3.55. The van der Waals surface area contributed by atoms with E-state index in [-0.39, 0.29) is 0 Å². The van der Waals surface area contributed by atoms with E-state index in [0.29, 0.717) is 0 Å². The average Bonchev–Trinajstić information content (AvgIpc) is 2.30. The molecule has 0 radical (unpaired) electrons. The molecule has 1 rings (SSSR count). The van der Waals surface area contributed by atoms with Gasteiger partial charge in [-0.1, -0.05) is 55.2 Å². The second-order valence-electron chi connectivity index (χ2n) is 3.29. The van der Waals surface area contributed by atoms with Crippen LogP contribution in [-0.4, -0.2) is 21.9 Å². The predicted octanol–water partition coefficient (Wildman–Crippen LogP) is 1.73. The van der Waals surface area contributed by atoms with E-state index < -0.39 is 14.8 Å². The highest BCUT2D eigenvalue weighted by molar-refractivity contribution is 6.70. The number of esters is 1. The third-order valence-electron chi connectivity index (χ3n) is 1.83. The molecule has 1 aromatic carbocycles. The quantitative estimate of drug-likeness (QED) is 0.433. The maximum Gasteiger partial charge on any atom is 0.329 e. The van der Waals surface area contributed by atoms with Crippen molar-refractivity contribution >= 4 is 20.0 Å². The fraction of sp³-hybridized carbons (Fsp3) is 0.250. The fourth-order valence-corrected chi connectivity index (χ4v) is 1.91. The van der Waals surface area contributed by atoms with Gasteiger partial charge in [-0.2, -0.15) is 0 Å². The molecule has 0 aromatic heterocycles. The second kappa shape index (κ2) is 8.00. The molecule has 1 aromatic rings. The Labute approximate surface area is 93.2 Å². The summed E-state index contributed by atoms with van der Waals surface area (Å²) in [5.41, 5.74) is 0. The van der Waals surface area contributed by atoms with Crippen molar-refractivity contribution in [2.45, 2.75) is 13.1 Å². The first kappa shape index (κ1) is 13.6. The third kappa shape index (κ3) is 6.68. The second-order valence-corrected chi connectivity index (χ2v) is 6.27. The predicted molar refractivity (Wildman–Crippen MR) is 67.2 cm³/mol. The fourth-order valence-electron chi connectivity index (χ4n) is 0.921. The summed E-state index contributed by atoms with van der Waals surface area (Å²) < 4.78 is 4.14. The molecule has 0 aliphatic carbocycles. The molecule has 0 saturated carbocycles. The molecule has 0 fully saturated rings. The van der Waals surface area contributed by atoms with Crippen LogP contribution >= 0.6 is 0 Å². The Bertz CT molecular complexity index is 294. The highest BCUT2D eigenvalue weighted by atomic mass is 28.3. The Morgan fingerprint density at radius 1 is 1.33 bits per heavy atom. The number of rotatable bonds is 2. The SMILES string of the molecule is C=CC(=O)OC.C[SiH](C)c1ccccc1. The highest BCUT2D eigenvalue weighted by Gasteiger charge is 1.95. The van der Waals surface area contributed by atoms with Crippen LogP contribution in [0.25, 0.3) is 0 Å². The van der Waals surface area contributed by atoms with Crippen LogP contribution < -0.4 is 5.19 Å². The van der Waals surface area contributed by atoms with Crippen molar-refractivity contribution in [1.82, 2.24) is 0 Å². The highest BCUT2D eigenvalue weighted by Crippen LogP contribution is 1.86. The number of ether oxygens (including phenoxy) is 1. The standard InChI is InChI=1S/C8H12Si.C4H6O2/c1-9(2)8-6-4-3-5-7-8;1-3-4(5)6-2/h3-7,9H,1-2H3;3H,1H2,2H3. The number of carbonyl (C=O) groups is 1. The molecule has 0 spiro atoms. The Balaban J connectivity index is 0.000000288. The summed E-state index contributed by atoms with van der Waals surface area (Å²) in [7, 11) is 0.781.